The normalized spacial score (nSPS) is 10.5. The number of carbonyl (C=O) groups excluding carboxylic acids is 1. The van der Waals surface area contributed by atoms with E-state index in [0.29, 0.717) is 24.5 Å². The highest BCUT2D eigenvalue weighted by Crippen LogP contribution is 2.25. The molecule has 2 rings (SSSR count). The van der Waals surface area contributed by atoms with Gasteiger partial charge >= 0.3 is 5.97 Å². The van der Waals surface area contributed by atoms with Gasteiger partial charge in [0.25, 0.3) is 5.91 Å². The summed E-state index contributed by atoms with van der Waals surface area (Å²) in [6.45, 7) is 2.07. The first kappa shape index (κ1) is 18.1. The Bertz CT molecular complexity index is 768. The Morgan fingerprint density at radius 3 is 2.58 bits per heavy atom. The van der Waals surface area contributed by atoms with Gasteiger partial charge in [0.2, 0.25) is 0 Å². The number of methoxy groups -OCH3 is 1. The number of benzene rings is 1. The van der Waals surface area contributed by atoms with Crippen molar-refractivity contribution in [3.05, 3.63) is 51.4 Å². The highest BCUT2D eigenvalue weighted by atomic mass is 79.9. The lowest BCUT2D eigenvalue weighted by Gasteiger charge is -2.18. The van der Waals surface area contributed by atoms with Crippen molar-refractivity contribution in [1.82, 2.24) is 4.90 Å². The second kappa shape index (κ2) is 7.53. The van der Waals surface area contributed by atoms with Gasteiger partial charge in [-0.05, 0) is 18.2 Å². The Labute approximate surface area is 148 Å². The predicted octanol–water partition coefficient (Wildman–Crippen LogP) is 3.58. The topological polar surface area (TPSA) is 80.0 Å². The maximum atomic E-state index is 12.5. The summed E-state index contributed by atoms with van der Waals surface area (Å²) in [5.74, 6) is -0.525. The molecule has 2 aromatic rings. The van der Waals surface area contributed by atoms with Gasteiger partial charge in [-0.25, -0.2) is 4.79 Å². The van der Waals surface area contributed by atoms with Gasteiger partial charge in [-0.3, -0.25) is 4.79 Å². The zero-order valence-corrected chi connectivity index (χ0v) is 15.2. The third kappa shape index (κ3) is 3.79. The molecule has 128 valence electrons. The number of hydrogen-bond donors (Lipinski definition) is 1. The first-order valence-electron chi connectivity index (χ1n) is 7.31. The van der Waals surface area contributed by atoms with E-state index in [-0.39, 0.29) is 17.2 Å². The molecule has 1 aromatic carbocycles. The summed E-state index contributed by atoms with van der Waals surface area (Å²) in [5.41, 5.74) is 0.845. The Morgan fingerprint density at radius 1 is 1.33 bits per heavy atom. The van der Waals surface area contributed by atoms with Crippen LogP contribution < -0.4 is 4.74 Å². The van der Waals surface area contributed by atoms with Crippen LogP contribution in [0.15, 0.2) is 33.2 Å². The lowest BCUT2D eigenvalue weighted by Crippen LogP contribution is -2.26. The van der Waals surface area contributed by atoms with E-state index in [9.17, 15) is 9.59 Å². The lowest BCUT2D eigenvalue weighted by atomic mass is 10.2. The molecule has 1 aromatic heterocycles. The zero-order valence-electron chi connectivity index (χ0n) is 13.6. The Balaban J connectivity index is 2.24. The number of carboxylic acids is 1. The summed E-state index contributed by atoms with van der Waals surface area (Å²) in [4.78, 5) is 25.2. The average molecular weight is 396 g/mol. The highest BCUT2D eigenvalue weighted by molar-refractivity contribution is 9.10. The van der Waals surface area contributed by atoms with Gasteiger partial charge in [0, 0.05) is 36.1 Å². The summed E-state index contributed by atoms with van der Waals surface area (Å²) >= 11 is 3.39. The van der Waals surface area contributed by atoms with Gasteiger partial charge in [0.05, 0.1) is 7.11 Å². The number of amides is 1. The SMILES string of the molecule is CCc1oc(C(=O)N(C)Cc2cc(Br)ccc2OC)cc1C(=O)O. The maximum absolute atomic E-state index is 12.5. The van der Waals surface area contributed by atoms with E-state index in [0.717, 1.165) is 10.0 Å². The van der Waals surface area contributed by atoms with Crippen molar-refractivity contribution >= 4 is 27.8 Å². The lowest BCUT2D eigenvalue weighted by molar-refractivity contribution is 0.0692. The van der Waals surface area contributed by atoms with E-state index in [4.69, 9.17) is 14.3 Å². The number of halogens is 1. The molecular weight excluding hydrogens is 378 g/mol. The molecule has 0 aliphatic heterocycles. The molecule has 6 nitrogen and oxygen atoms in total. The zero-order chi connectivity index (χ0) is 17.9. The Kier molecular flexibility index (Phi) is 5.66. The fourth-order valence-corrected chi connectivity index (χ4v) is 2.77. The molecule has 7 heteroatoms. The molecule has 0 radical (unpaired) electrons. The second-order valence-electron chi connectivity index (χ2n) is 5.22. The van der Waals surface area contributed by atoms with Gasteiger partial charge in [-0.1, -0.05) is 22.9 Å². The number of hydrogen-bond acceptors (Lipinski definition) is 4. The second-order valence-corrected chi connectivity index (χ2v) is 6.14. The minimum atomic E-state index is -1.11. The smallest absolute Gasteiger partial charge is 0.339 e. The number of rotatable bonds is 6. The van der Waals surface area contributed by atoms with Crippen LogP contribution in [0, 0.1) is 0 Å². The quantitative estimate of drug-likeness (QED) is 0.808. The van der Waals surface area contributed by atoms with Crippen molar-refractivity contribution in [1.29, 1.82) is 0 Å². The summed E-state index contributed by atoms with van der Waals surface area (Å²) in [6.07, 6.45) is 0.401. The number of aromatic carboxylic acids is 1. The summed E-state index contributed by atoms with van der Waals surface area (Å²) < 4.78 is 11.6. The highest BCUT2D eigenvalue weighted by Gasteiger charge is 2.23. The predicted molar refractivity (Wildman–Crippen MR) is 91.5 cm³/mol. The molecule has 1 N–H and O–H groups in total. The molecule has 0 saturated heterocycles. The van der Waals surface area contributed by atoms with Crippen molar-refractivity contribution < 1.29 is 23.8 Å². The minimum Gasteiger partial charge on any atom is -0.496 e. The molecule has 0 aliphatic carbocycles. The van der Waals surface area contributed by atoms with Crippen molar-refractivity contribution in [3.8, 4) is 5.75 Å². The molecule has 0 bridgehead atoms. The van der Waals surface area contributed by atoms with Crippen LogP contribution in [0.4, 0.5) is 0 Å². The van der Waals surface area contributed by atoms with E-state index in [1.54, 1.807) is 21.1 Å². The van der Waals surface area contributed by atoms with Crippen LogP contribution >= 0.6 is 15.9 Å². The van der Waals surface area contributed by atoms with Gasteiger partial charge < -0.3 is 19.2 Å². The van der Waals surface area contributed by atoms with Gasteiger partial charge in [0.1, 0.15) is 17.1 Å². The maximum Gasteiger partial charge on any atom is 0.339 e. The molecule has 24 heavy (non-hydrogen) atoms. The molecule has 0 atom stereocenters. The first-order chi connectivity index (χ1) is 11.4. The monoisotopic (exact) mass is 395 g/mol. The molecule has 0 spiro atoms. The fraction of sp³-hybridized carbons (Fsp3) is 0.294. The van der Waals surface area contributed by atoms with E-state index < -0.39 is 5.97 Å². The molecule has 1 heterocycles. The van der Waals surface area contributed by atoms with E-state index in [1.165, 1.54) is 11.0 Å². The summed E-state index contributed by atoms with van der Waals surface area (Å²) in [6, 6.07) is 6.80. The number of furan rings is 1. The number of ether oxygens (including phenoxy) is 1. The van der Waals surface area contributed by atoms with Crippen molar-refractivity contribution in [3.63, 3.8) is 0 Å². The number of aryl methyl sites for hydroxylation is 1. The third-order valence-corrected chi connectivity index (χ3v) is 4.06. The molecule has 0 saturated carbocycles. The van der Waals surface area contributed by atoms with Crippen LogP contribution in [0.3, 0.4) is 0 Å². The van der Waals surface area contributed by atoms with Crippen LogP contribution in [-0.2, 0) is 13.0 Å². The molecule has 0 unspecified atom stereocenters. The summed E-state index contributed by atoms with van der Waals surface area (Å²) in [7, 11) is 3.19. The number of nitrogens with zero attached hydrogens (tertiary/aromatic N) is 1. The standard InChI is InChI=1S/C17H18BrNO5/c1-4-13-12(17(21)22)8-15(24-13)16(20)19(2)9-10-7-11(18)5-6-14(10)23-3/h5-8H,4,9H2,1-3H3,(H,21,22). The van der Waals surface area contributed by atoms with E-state index in [2.05, 4.69) is 15.9 Å². The average Bonchev–Trinajstić information content (AvgIpc) is 2.99. The Hall–Kier alpha value is -2.28. The Morgan fingerprint density at radius 2 is 2.04 bits per heavy atom. The number of carboxylic acid groups (broad SMARTS) is 1. The first-order valence-corrected chi connectivity index (χ1v) is 8.10. The van der Waals surface area contributed by atoms with Gasteiger partial charge in [-0.2, -0.15) is 0 Å². The fourth-order valence-electron chi connectivity index (χ4n) is 2.36. The van der Waals surface area contributed by atoms with E-state index in [1.807, 2.05) is 18.2 Å². The van der Waals surface area contributed by atoms with Crippen LogP contribution in [0.5, 0.6) is 5.75 Å². The molecular formula is C17H18BrNO5. The molecule has 0 aliphatic rings. The van der Waals surface area contributed by atoms with Crippen LogP contribution in [0.25, 0.3) is 0 Å². The van der Waals surface area contributed by atoms with Crippen LogP contribution in [-0.4, -0.2) is 36.0 Å². The molecule has 1 amide bonds. The van der Waals surface area contributed by atoms with Crippen LogP contribution in [0.1, 0.15) is 39.2 Å². The van der Waals surface area contributed by atoms with E-state index >= 15 is 0 Å². The minimum absolute atomic E-state index is 0.0145. The van der Waals surface area contributed by atoms with Crippen molar-refractivity contribution in [2.24, 2.45) is 0 Å². The van der Waals surface area contributed by atoms with Gasteiger partial charge in [0.15, 0.2) is 5.76 Å². The largest absolute Gasteiger partial charge is 0.496 e. The molecule has 0 fully saturated rings. The third-order valence-electron chi connectivity index (χ3n) is 3.57. The van der Waals surface area contributed by atoms with Crippen molar-refractivity contribution in [2.75, 3.05) is 14.2 Å². The van der Waals surface area contributed by atoms with Gasteiger partial charge in [-0.15, -0.1) is 0 Å². The van der Waals surface area contributed by atoms with Crippen molar-refractivity contribution in [2.45, 2.75) is 19.9 Å². The summed E-state index contributed by atoms with van der Waals surface area (Å²) in [5, 5.41) is 9.16. The van der Waals surface area contributed by atoms with Crippen LogP contribution in [0.2, 0.25) is 0 Å². The number of carbonyl (C=O) groups is 2.